The lowest BCUT2D eigenvalue weighted by atomic mass is 10.1. The van der Waals surface area contributed by atoms with Gasteiger partial charge in [0.1, 0.15) is 11.9 Å². The van der Waals surface area contributed by atoms with Gasteiger partial charge in [-0.25, -0.2) is 4.39 Å². The second-order valence-corrected chi connectivity index (χ2v) is 5.13. The van der Waals surface area contributed by atoms with Gasteiger partial charge in [-0.2, -0.15) is 0 Å². The molecule has 2 rings (SSSR count). The smallest absolute Gasteiger partial charge is 0.251 e. The molecule has 1 unspecified atom stereocenters. The summed E-state index contributed by atoms with van der Waals surface area (Å²) in [7, 11) is 1.45. The highest BCUT2D eigenvalue weighted by Gasteiger charge is 2.36. The Kier molecular flexibility index (Phi) is 3.38. The molecule has 1 aromatic rings. The molecule has 1 atom stereocenters. The summed E-state index contributed by atoms with van der Waals surface area (Å²) in [5, 5.41) is 2.91. The molecule has 1 aromatic carbocycles. The summed E-state index contributed by atoms with van der Waals surface area (Å²) in [6.07, 6.45) is 0.104. The summed E-state index contributed by atoms with van der Waals surface area (Å²) in [6.45, 7) is 1.80. The molecule has 0 radical (unpaired) electrons. The molecule has 1 N–H and O–H groups in total. The Labute approximate surface area is 112 Å². The molecule has 0 aromatic heterocycles. The largest absolute Gasteiger partial charge is 0.373 e. The SMILES string of the molecule is Cc1cc(Br)c(F)cc1NC1CC(=O)N(C)C1=O. The third kappa shape index (κ3) is 2.25. The number of halogens is 2. The fourth-order valence-electron chi connectivity index (χ4n) is 1.86. The monoisotopic (exact) mass is 314 g/mol. The van der Waals surface area contributed by atoms with Gasteiger partial charge in [0.15, 0.2) is 0 Å². The Balaban J connectivity index is 2.23. The lowest BCUT2D eigenvalue weighted by molar-refractivity contribution is -0.136. The number of aryl methyl sites for hydroxylation is 1. The maximum Gasteiger partial charge on any atom is 0.251 e. The van der Waals surface area contributed by atoms with E-state index in [4.69, 9.17) is 0 Å². The van der Waals surface area contributed by atoms with Crippen molar-refractivity contribution in [1.29, 1.82) is 0 Å². The molecule has 96 valence electrons. The Morgan fingerprint density at radius 2 is 2.11 bits per heavy atom. The number of carbonyl (C=O) groups excluding carboxylic acids is 2. The number of rotatable bonds is 2. The standard InChI is InChI=1S/C12H12BrFN2O2/c1-6-3-7(13)8(14)4-9(6)15-10-5-11(17)16(2)12(10)18/h3-4,10,15H,5H2,1-2H3. The number of hydrogen-bond donors (Lipinski definition) is 1. The van der Waals surface area contributed by atoms with Gasteiger partial charge < -0.3 is 5.32 Å². The predicted molar refractivity (Wildman–Crippen MR) is 68.6 cm³/mol. The quantitative estimate of drug-likeness (QED) is 0.850. The zero-order chi connectivity index (χ0) is 13.4. The molecule has 2 amide bonds. The summed E-state index contributed by atoms with van der Waals surface area (Å²) in [6, 6.07) is 2.33. The number of anilines is 1. The van der Waals surface area contributed by atoms with Gasteiger partial charge in [-0.15, -0.1) is 0 Å². The zero-order valence-electron chi connectivity index (χ0n) is 9.96. The molecule has 0 aliphatic carbocycles. The van der Waals surface area contributed by atoms with E-state index in [-0.39, 0.29) is 18.2 Å². The van der Waals surface area contributed by atoms with Gasteiger partial charge in [0.2, 0.25) is 5.91 Å². The Morgan fingerprint density at radius 3 is 2.67 bits per heavy atom. The average molecular weight is 315 g/mol. The fraction of sp³-hybridized carbons (Fsp3) is 0.333. The van der Waals surface area contributed by atoms with Crippen LogP contribution in [0.25, 0.3) is 0 Å². The molecule has 0 saturated carbocycles. The molecular formula is C12H12BrFN2O2. The van der Waals surface area contributed by atoms with E-state index in [1.54, 1.807) is 13.0 Å². The second kappa shape index (κ2) is 4.68. The molecule has 4 nitrogen and oxygen atoms in total. The zero-order valence-corrected chi connectivity index (χ0v) is 11.5. The second-order valence-electron chi connectivity index (χ2n) is 4.27. The van der Waals surface area contributed by atoms with Gasteiger partial charge in [-0.05, 0) is 40.5 Å². The fourth-order valence-corrected chi connectivity index (χ4v) is 2.32. The van der Waals surface area contributed by atoms with Crippen LogP contribution in [0.3, 0.4) is 0 Å². The summed E-state index contributed by atoms with van der Waals surface area (Å²) in [4.78, 5) is 24.2. The number of nitrogens with zero attached hydrogens (tertiary/aromatic N) is 1. The van der Waals surface area contributed by atoms with E-state index >= 15 is 0 Å². The van der Waals surface area contributed by atoms with Crippen LogP contribution in [-0.2, 0) is 9.59 Å². The number of likely N-dealkylation sites (tertiary alicyclic amines) is 1. The maximum atomic E-state index is 13.4. The van der Waals surface area contributed by atoms with Crippen molar-refractivity contribution in [3.8, 4) is 0 Å². The summed E-state index contributed by atoms with van der Waals surface area (Å²) in [5.74, 6) is -0.927. The van der Waals surface area contributed by atoms with Gasteiger partial charge >= 0.3 is 0 Å². The van der Waals surface area contributed by atoms with Crippen molar-refractivity contribution < 1.29 is 14.0 Å². The normalized spacial score (nSPS) is 19.6. The first-order valence-corrected chi connectivity index (χ1v) is 6.22. The van der Waals surface area contributed by atoms with E-state index in [2.05, 4.69) is 21.2 Å². The molecular weight excluding hydrogens is 303 g/mol. The van der Waals surface area contributed by atoms with Crippen molar-refractivity contribution in [3.63, 3.8) is 0 Å². The van der Waals surface area contributed by atoms with E-state index in [9.17, 15) is 14.0 Å². The Bertz CT molecular complexity index is 533. The number of likely N-dealkylation sites (N-methyl/N-ethyl adjacent to an activating group) is 1. The summed E-state index contributed by atoms with van der Waals surface area (Å²) < 4.78 is 13.8. The number of benzene rings is 1. The van der Waals surface area contributed by atoms with Gasteiger partial charge in [0.25, 0.3) is 5.91 Å². The van der Waals surface area contributed by atoms with Crippen LogP contribution in [-0.4, -0.2) is 29.8 Å². The maximum absolute atomic E-state index is 13.4. The number of hydrogen-bond acceptors (Lipinski definition) is 3. The van der Waals surface area contributed by atoms with Gasteiger partial charge in [-0.1, -0.05) is 0 Å². The predicted octanol–water partition coefficient (Wildman–Crippen LogP) is 2.07. The highest BCUT2D eigenvalue weighted by Crippen LogP contribution is 2.26. The topological polar surface area (TPSA) is 49.4 Å². The lowest BCUT2D eigenvalue weighted by Crippen LogP contribution is -2.32. The minimum Gasteiger partial charge on any atom is -0.373 e. The molecule has 1 aliphatic heterocycles. The van der Waals surface area contributed by atoms with Gasteiger partial charge in [0.05, 0.1) is 10.9 Å². The molecule has 1 saturated heterocycles. The highest BCUT2D eigenvalue weighted by molar-refractivity contribution is 9.10. The molecule has 1 heterocycles. The van der Waals surface area contributed by atoms with E-state index in [0.29, 0.717) is 10.2 Å². The molecule has 0 bridgehead atoms. The van der Waals surface area contributed by atoms with Crippen molar-refractivity contribution in [1.82, 2.24) is 4.90 Å². The number of imide groups is 1. The minimum absolute atomic E-state index is 0.104. The van der Waals surface area contributed by atoms with Crippen LogP contribution in [0.4, 0.5) is 10.1 Å². The van der Waals surface area contributed by atoms with Gasteiger partial charge in [0, 0.05) is 12.7 Å². The molecule has 0 spiro atoms. The summed E-state index contributed by atoms with van der Waals surface area (Å²) in [5.41, 5.74) is 1.33. The number of nitrogens with one attached hydrogen (secondary N) is 1. The van der Waals surface area contributed by atoms with Crippen LogP contribution in [0, 0.1) is 12.7 Å². The van der Waals surface area contributed by atoms with Crippen LogP contribution in [0.1, 0.15) is 12.0 Å². The third-order valence-corrected chi connectivity index (χ3v) is 3.59. The van der Waals surface area contributed by atoms with Crippen molar-refractivity contribution in [2.45, 2.75) is 19.4 Å². The van der Waals surface area contributed by atoms with Crippen molar-refractivity contribution in [2.75, 3.05) is 12.4 Å². The number of amides is 2. The van der Waals surface area contributed by atoms with E-state index in [1.807, 2.05) is 0 Å². The molecule has 1 fully saturated rings. The Morgan fingerprint density at radius 1 is 1.44 bits per heavy atom. The lowest BCUT2D eigenvalue weighted by Gasteiger charge is -2.15. The first kappa shape index (κ1) is 13.0. The van der Waals surface area contributed by atoms with Crippen LogP contribution in [0.2, 0.25) is 0 Å². The van der Waals surface area contributed by atoms with Gasteiger partial charge in [-0.3, -0.25) is 14.5 Å². The van der Waals surface area contributed by atoms with Crippen molar-refractivity contribution in [3.05, 3.63) is 28.0 Å². The first-order chi connectivity index (χ1) is 8.40. The average Bonchev–Trinajstić information content (AvgIpc) is 2.54. The van der Waals surface area contributed by atoms with Crippen molar-refractivity contribution >= 4 is 33.4 Å². The highest BCUT2D eigenvalue weighted by atomic mass is 79.9. The molecule has 18 heavy (non-hydrogen) atoms. The Hall–Kier alpha value is -1.43. The minimum atomic E-state index is -0.609. The van der Waals surface area contributed by atoms with Crippen LogP contribution in [0.5, 0.6) is 0 Å². The summed E-state index contributed by atoms with van der Waals surface area (Å²) >= 11 is 3.09. The van der Waals surface area contributed by atoms with E-state index in [0.717, 1.165) is 10.5 Å². The third-order valence-electron chi connectivity index (χ3n) is 2.98. The molecule has 6 heteroatoms. The van der Waals surface area contributed by atoms with Crippen LogP contribution >= 0.6 is 15.9 Å². The van der Waals surface area contributed by atoms with Crippen LogP contribution < -0.4 is 5.32 Å². The number of carbonyl (C=O) groups is 2. The van der Waals surface area contributed by atoms with E-state index in [1.165, 1.54) is 13.1 Å². The molecule has 1 aliphatic rings. The van der Waals surface area contributed by atoms with E-state index < -0.39 is 11.9 Å². The van der Waals surface area contributed by atoms with Crippen LogP contribution in [0.15, 0.2) is 16.6 Å². The van der Waals surface area contributed by atoms with Crippen molar-refractivity contribution in [2.24, 2.45) is 0 Å². The first-order valence-electron chi connectivity index (χ1n) is 5.42.